The van der Waals surface area contributed by atoms with Crippen molar-refractivity contribution in [3.8, 4) is 0 Å². The van der Waals surface area contributed by atoms with Gasteiger partial charge in [-0.25, -0.2) is 0 Å². The molecule has 3 aromatic rings. The highest BCUT2D eigenvalue weighted by atomic mass is 35.5. The summed E-state index contributed by atoms with van der Waals surface area (Å²) in [5, 5.41) is 6.90. The summed E-state index contributed by atoms with van der Waals surface area (Å²) in [5.74, 6) is -0.293. The molecule has 126 valence electrons. The van der Waals surface area contributed by atoms with Crippen molar-refractivity contribution in [2.45, 2.75) is 6.92 Å². The van der Waals surface area contributed by atoms with Crippen molar-refractivity contribution in [3.05, 3.63) is 82.1 Å². The van der Waals surface area contributed by atoms with Crippen molar-refractivity contribution >= 4 is 46.2 Å². The molecule has 25 heavy (non-hydrogen) atoms. The largest absolute Gasteiger partial charge is 0.354 e. The van der Waals surface area contributed by atoms with E-state index in [4.69, 9.17) is 23.2 Å². The summed E-state index contributed by atoms with van der Waals surface area (Å²) >= 11 is 11.9. The van der Waals surface area contributed by atoms with E-state index in [0.29, 0.717) is 21.3 Å². The van der Waals surface area contributed by atoms with Crippen molar-refractivity contribution < 1.29 is 4.79 Å². The number of halogens is 2. The van der Waals surface area contributed by atoms with Gasteiger partial charge in [0.25, 0.3) is 5.91 Å². The van der Waals surface area contributed by atoms with Crippen molar-refractivity contribution in [2.75, 3.05) is 10.6 Å². The van der Waals surface area contributed by atoms with Crippen molar-refractivity contribution in [3.63, 3.8) is 0 Å². The molecule has 0 saturated carbocycles. The number of amides is 1. The third-order valence-corrected chi connectivity index (χ3v) is 3.90. The van der Waals surface area contributed by atoms with Gasteiger partial charge in [-0.3, -0.25) is 9.78 Å². The summed E-state index contributed by atoms with van der Waals surface area (Å²) in [6.07, 6.45) is 3.16. The summed E-state index contributed by atoms with van der Waals surface area (Å²) in [4.78, 5) is 16.5. The molecule has 0 aliphatic rings. The third kappa shape index (κ3) is 4.72. The minimum atomic E-state index is -0.293. The van der Waals surface area contributed by atoms with Gasteiger partial charge in [-0.2, -0.15) is 0 Å². The zero-order valence-electron chi connectivity index (χ0n) is 13.4. The van der Waals surface area contributed by atoms with E-state index in [2.05, 4.69) is 15.6 Å². The number of nitrogens with zero attached hydrogens (tertiary/aromatic N) is 1. The number of carbonyl (C=O) groups is 1. The first-order chi connectivity index (χ1) is 12.0. The van der Waals surface area contributed by atoms with E-state index < -0.39 is 0 Å². The first kappa shape index (κ1) is 17.3. The molecule has 6 heteroatoms. The van der Waals surface area contributed by atoms with Gasteiger partial charge in [-0.1, -0.05) is 40.9 Å². The number of hydrogen-bond donors (Lipinski definition) is 2. The van der Waals surface area contributed by atoms with Gasteiger partial charge >= 0.3 is 0 Å². The summed E-state index contributed by atoms with van der Waals surface area (Å²) in [5.41, 5.74) is 3.77. The second kappa shape index (κ2) is 7.55. The molecule has 0 fully saturated rings. The lowest BCUT2D eigenvalue weighted by molar-refractivity contribution is 0.102. The van der Waals surface area contributed by atoms with Crippen LogP contribution in [0.25, 0.3) is 0 Å². The lowest BCUT2D eigenvalue weighted by Crippen LogP contribution is -2.12. The van der Waals surface area contributed by atoms with Gasteiger partial charge in [0.15, 0.2) is 0 Å². The van der Waals surface area contributed by atoms with Crippen LogP contribution in [0.4, 0.5) is 17.1 Å². The molecule has 1 aromatic heterocycles. The van der Waals surface area contributed by atoms with E-state index in [1.54, 1.807) is 30.5 Å². The van der Waals surface area contributed by atoms with Crippen LogP contribution in [0.3, 0.4) is 0 Å². The maximum atomic E-state index is 12.4. The molecule has 0 radical (unpaired) electrons. The van der Waals surface area contributed by atoms with Crippen LogP contribution in [0.2, 0.25) is 10.0 Å². The van der Waals surface area contributed by atoms with E-state index in [1.165, 1.54) is 11.8 Å². The van der Waals surface area contributed by atoms with E-state index in [9.17, 15) is 4.79 Å². The summed E-state index contributed by atoms with van der Waals surface area (Å²) in [7, 11) is 0. The average molecular weight is 372 g/mol. The Labute approximate surface area is 155 Å². The Morgan fingerprint density at radius 2 is 1.56 bits per heavy atom. The minimum Gasteiger partial charge on any atom is -0.354 e. The van der Waals surface area contributed by atoms with E-state index in [-0.39, 0.29) is 5.91 Å². The second-order valence-corrected chi connectivity index (χ2v) is 6.44. The van der Waals surface area contributed by atoms with Gasteiger partial charge in [0.2, 0.25) is 0 Å². The monoisotopic (exact) mass is 371 g/mol. The number of anilines is 3. The molecule has 4 nitrogen and oxygen atoms in total. The fourth-order valence-electron chi connectivity index (χ4n) is 2.27. The maximum Gasteiger partial charge on any atom is 0.257 e. The van der Waals surface area contributed by atoms with Crippen LogP contribution in [0.5, 0.6) is 0 Å². The topological polar surface area (TPSA) is 54.0 Å². The maximum absolute atomic E-state index is 12.4. The van der Waals surface area contributed by atoms with Crippen LogP contribution in [0, 0.1) is 6.92 Å². The predicted molar refractivity (Wildman–Crippen MR) is 103 cm³/mol. The summed E-state index contributed by atoms with van der Waals surface area (Å²) in [6, 6.07) is 14.6. The van der Waals surface area contributed by atoms with Gasteiger partial charge in [0.05, 0.1) is 17.4 Å². The molecule has 2 N–H and O–H groups in total. The fourth-order valence-corrected chi connectivity index (χ4v) is 2.79. The number of benzene rings is 2. The van der Waals surface area contributed by atoms with Crippen LogP contribution < -0.4 is 10.6 Å². The fraction of sp³-hybridized carbons (Fsp3) is 0.0526. The number of aromatic nitrogens is 1. The molecule has 0 atom stereocenters. The second-order valence-electron chi connectivity index (χ2n) is 5.57. The molecular formula is C19H15Cl2N3O. The van der Waals surface area contributed by atoms with Crippen molar-refractivity contribution in [2.24, 2.45) is 0 Å². The highest BCUT2D eigenvalue weighted by Gasteiger charge is 2.09. The van der Waals surface area contributed by atoms with Gasteiger partial charge in [0, 0.05) is 27.6 Å². The van der Waals surface area contributed by atoms with Crippen LogP contribution in [0.15, 0.2) is 60.9 Å². The molecule has 0 unspecified atom stereocenters. The molecule has 3 rings (SSSR count). The Bertz CT molecular complexity index is 891. The number of carbonyl (C=O) groups excluding carboxylic acids is 1. The van der Waals surface area contributed by atoms with E-state index in [0.717, 1.165) is 11.4 Å². The van der Waals surface area contributed by atoms with Gasteiger partial charge in [-0.15, -0.1) is 0 Å². The van der Waals surface area contributed by atoms with Crippen LogP contribution >= 0.6 is 23.2 Å². The SMILES string of the molecule is Cc1ccc(Nc2cncc(C(=O)Nc3cc(Cl)cc(Cl)c3)c2)cc1. The Morgan fingerprint density at radius 1 is 0.880 bits per heavy atom. The quantitative estimate of drug-likeness (QED) is 0.618. The Balaban J connectivity index is 1.76. The normalized spacial score (nSPS) is 10.4. The molecule has 1 amide bonds. The third-order valence-electron chi connectivity index (χ3n) is 3.46. The number of nitrogens with one attached hydrogen (secondary N) is 2. The van der Waals surface area contributed by atoms with Gasteiger partial charge in [-0.05, 0) is 43.3 Å². The Morgan fingerprint density at radius 3 is 2.24 bits per heavy atom. The average Bonchev–Trinajstić information content (AvgIpc) is 2.56. The lowest BCUT2D eigenvalue weighted by atomic mass is 10.2. The van der Waals surface area contributed by atoms with E-state index in [1.807, 2.05) is 31.2 Å². The van der Waals surface area contributed by atoms with Gasteiger partial charge < -0.3 is 10.6 Å². The zero-order chi connectivity index (χ0) is 17.8. The number of hydrogen-bond acceptors (Lipinski definition) is 3. The number of rotatable bonds is 4. The Kier molecular flexibility index (Phi) is 5.22. The van der Waals surface area contributed by atoms with Gasteiger partial charge in [0.1, 0.15) is 0 Å². The van der Waals surface area contributed by atoms with Crippen LogP contribution in [-0.4, -0.2) is 10.9 Å². The van der Waals surface area contributed by atoms with Crippen molar-refractivity contribution in [1.82, 2.24) is 4.98 Å². The van der Waals surface area contributed by atoms with Crippen LogP contribution in [-0.2, 0) is 0 Å². The molecule has 0 saturated heterocycles. The molecule has 2 aromatic carbocycles. The summed E-state index contributed by atoms with van der Waals surface area (Å²) < 4.78 is 0. The number of aryl methyl sites for hydroxylation is 1. The Hall–Kier alpha value is -2.56. The molecule has 0 spiro atoms. The predicted octanol–water partition coefficient (Wildman–Crippen LogP) is 5.69. The lowest BCUT2D eigenvalue weighted by Gasteiger charge is -2.09. The molecular weight excluding hydrogens is 357 g/mol. The zero-order valence-corrected chi connectivity index (χ0v) is 14.9. The smallest absolute Gasteiger partial charge is 0.257 e. The molecule has 0 aliphatic carbocycles. The first-order valence-corrected chi connectivity index (χ1v) is 8.31. The highest BCUT2D eigenvalue weighted by molar-refractivity contribution is 6.35. The highest BCUT2D eigenvalue weighted by Crippen LogP contribution is 2.23. The van der Waals surface area contributed by atoms with Crippen LogP contribution in [0.1, 0.15) is 15.9 Å². The number of pyridine rings is 1. The first-order valence-electron chi connectivity index (χ1n) is 7.56. The minimum absolute atomic E-state index is 0.293. The standard InChI is InChI=1S/C19H15Cl2N3O/c1-12-2-4-16(5-3-12)23-18-6-13(10-22-11-18)19(25)24-17-8-14(20)7-15(21)9-17/h2-11,23H,1H3,(H,24,25). The van der Waals surface area contributed by atoms with Crippen molar-refractivity contribution in [1.29, 1.82) is 0 Å². The van der Waals surface area contributed by atoms with E-state index >= 15 is 0 Å². The molecule has 0 bridgehead atoms. The molecule has 1 heterocycles. The molecule has 0 aliphatic heterocycles. The summed E-state index contributed by atoms with van der Waals surface area (Å²) in [6.45, 7) is 2.03.